The van der Waals surface area contributed by atoms with Crippen molar-refractivity contribution >= 4 is 18.0 Å². The van der Waals surface area contributed by atoms with E-state index in [4.69, 9.17) is 0 Å². The minimum absolute atomic E-state index is 0.433. The van der Waals surface area contributed by atoms with E-state index < -0.39 is 0 Å². The van der Waals surface area contributed by atoms with E-state index in [2.05, 4.69) is 28.2 Å². The maximum absolute atomic E-state index is 4.42. The molecule has 1 aliphatic carbocycles. The number of aromatic nitrogens is 1. The van der Waals surface area contributed by atoms with Gasteiger partial charge in [0.2, 0.25) is 0 Å². The molecule has 0 fully saturated rings. The van der Waals surface area contributed by atoms with E-state index in [0.717, 1.165) is 17.5 Å². The normalized spacial score (nSPS) is 22.6. The van der Waals surface area contributed by atoms with Gasteiger partial charge in [0, 0.05) is 18.3 Å². The summed E-state index contributed by atoms with van der Waals surface area (Å²) >= 11 is 0. The van der Waals surface area contributed by atoms with E-state index in [1.54, 1.807) is 0 Å². The number of hydrogen-bond donors (Lipinski definition) is 0. The van der Waals surface area contributed by atoms with Crippen LogP contribution in [0.1, 0.15) is 6.42 Å². The van der Waals surface area contributed by atoms with Gasteiger partial charge in [0.25, 0.3) is 0 Å². The van der Waals surface area contributed by atoms with Crippen molar-refractivity contribution in [2.75, 3.05) is 0 Å². The molecule has 0 saturated carbocycles. The molecular weight excluding hydrogens is 172 g/mol. The molecule has 0 bridgehead atoms. The third kappa shape index (κ3) is 1.04. The van der Waals surface area contributed by atoms with Crippen LogP contribution in [0.5, 0.6) is 0 Å². The highest BCUT2D eigenvalue weighted by Crippen LogP contribution is 2.22. The molecule has 1 atom stereocenters. The number of pyridine rings is 1. The first-order valence-electron chi connectivity index (χ1n) is 4.81. The van der Waals surface area contributed by atoms with Crippen LogP contribution in [0.4, 0.5) is 0 Å². The summed E-state index contributed by atoms with van der Waals surface area (Å²) in [5.74, 6) is 0.433. The summed E-state index contributed by atoms with van der Waals surface area (Å²) in [6.45, 7) is 0. The van der Waals surface area contributed by atoms with Crippen LogP contribution < -0.4 is 10.6 Å². The lowest BCUT2D eigenvalue weighted by Crippen LogP contribution is -2.34. The van der Waals surface area contributed by atoms with Crippen LogP contribution in [-0.2, 0) is 0 Å². The third-order valence-electron chi connectivity index (χ3n) is 2.67. The van der Waals surface area contributed by atoms with Crippen molar-refractivity contribution in [3.05, 3.63) is 41.0 Å². The quantitative estimate of drug-likeness (QED) is 0.577. The molecule has 1 aromatic heterocycles. The summed E-state index contributed by atoms with van der Waals surface area (Å²) in [6.07, 6.45) is 11.2. The van der Waals surface area contributed by atoms with Gasteiger partial charge in [0.15, 0.2) is 0 Å². The van der Waals surface area contributed by atoms with Crippen molar-refractivity contribution in [3.8, 4) is 0 Å². The number of hydrogen-bond acceptors (Lipinski definition) is 2. The number of aliphatic imine (C=N–C) groups is 1. The molecule has 2 nitrogen and oxygen atoms in total. The van der Waals surface area contributed by atoms with Crippen molar-refractivity contribution in [1.29, 1.82) is 0 Å². The zero-order chi connectivity index (χ0) is 9.38. The summed E-state index contributed by atoms with van der Waals surface area (Å²) in [5, 5.41) is 2.26. The molecule has 0 aromatic carbocycles. The van der Waals surface area contributed by atoms with Crippen LogP contribution in [0.15, 0.2) is 35.5 Å². The number of nitrogens with zero attached hydrogens (tertiary/aromatic N) is 2. The minimum atomic E-state index is 0.433. The van der Waals surface area contributed by atoms with Crippen LogP contribution in [0, 0.1) is 5.92 Å². The second-order valence-electron chi connectivity index (χ2n) is 3.54. The van der Waals surface area contributed by atoms with E-state index in [0.29, 0.717) is 5.92 Å². The van der Waals surface area contributed by atoms with Gasteiger partial charge in [-0.3, -0.25) is 9.98 Å². The Morgan fingerprint density at radius 3 is 3.36 bits per heavy atom. The summed E-state index contributed by atoms with van der Waals surface area (Å²) in [4.78, 5) is 8.80. The second-order valence-corrected chi connectivity index (χ2v) is 3.54. The van der Waals surface area contributed by atoms with Gasteiger partial charge < -0.3 is 0 Å². The maximum Gasteiger partial charge on any atom is 0.0919 e. The molecule has 0 spiro atoms. The SMILES string of the molecule is C1=CC2CC=c3cccnc3=C2N=C1. The Labute approximate surface area is 82.0 Å². The van der Waals surface area contributed by atoms with Crippen molar-refractivity contribution in [2.24, 2.45) is 10.9 Å². The Balaban J connectivity index is 2.40. The third-order valence-corrected chi connectivity index (χ3v) is 2.67. The average Bonchev–Trinajstić information content (AvgIpc) is 2.29. The fraction of sp³-hybridized carbons (Fsp3) is 0.167. The number of allylic oxidation sites excluding steroid dienone is 1. The van der Waals surface area contributed by atoms with Crippen LogP contribution in [-0.4, -0.2) is 11.2 Å². The van der Waals surface area contributed by atoms with E-state index in [9.17, 15) is 0 Å². The molecule has 0 N–H and O–H groups in total. The first-order valence-corrected chi connectivity index (χ1v) is 4.81. The first-order chi connectivity index (χ1) is 6.95. The van der Waals surface area contributed by atoms with Crippen LogP contribution in [0.3, 0.4) is 0 Å². The van der Waals surface area contributed by atoms with E-state index >= 15 is 0 Å². The molecule has 2 heterocycles. The molecular formula is C12H10N2. The van der Waals surface area contributed by atoms with Gasteiger partial charge >= 0.3 is 0 Å². The van der Waals surface area contributed by atoms with Crippen LogP contribution in [0.25, 0.3) is 11.8 Å². The fourth-order valence-corrected chi connectivity index (χ4v) is 1.97. The minimum Gasteiger partial charge on any atom is -0.258 e. The molecule has 0 amide bonds. The summed E-state index contributed by atoms with van der Waals surface area (Å²) in [6, 6.07) is 4.07. The molecule has 68 valence electrons. The molecule has 2 heteroatoms. The highest BCUT2D eigenvalue weighted by atomic mass is 14.8. The molecule has 2 aliphatic rings. The molecule has 14 heavy (non-hydrogen) atoms. The summed E-state index contributed by atoms with van der Waals surface area (Å²) < 4.78 is 0. The first kappa shape index (κ1) is 7.68. The monoisotopic (exact) mass is 182 g/mol. The molecule has 3 rings (SSSR count). The molecule has 0 radical (unpaired) electrons. The molecule has 1 aromatic rings. The second kappa shape index (κ2) is 2.91. The van der Waals surface area contributed by atoms with E-state index in [1.165, 1.54) is 5.22 Å². The predicted octanol–water partition coefficient (Wildman–Crippen LogP) is 0.631. The molecule has 1 unspecified atom stereocenters. The van der Waals surface area contributed by atoms with Crippen LogP contribution in [0.2, 0.25) is 0 Å². The smallest absolute Gasteiger partial charge is 0.0919 e. The van der Waals surface area contributed by atoms with Gasteiger partial charge in [-0.2, -0.15) is 0 Å². The van der Waals surface area contributed by atoms with Crippen molar-refractivity contribution in [1.82, 2.24) is 4.98 Å². The largest absolute Gasteiger partial charge is 0.258 e. The highest BCUT2D eigenvalue weighted by molar-refractivity contribution is 5.80. The summed E-state index contributed by atoms with van der Waals surface area (Å²) in [7, 11) is 0. The number of dihydropyridines is 1. The lowest BCUT2D eigenvalue weighted by molar-refractivity contribution is 0.833. The van der Waals surface area contributed by atoms with Gasteiger partial charge in [-0.15, -0.1) is 0 Å². The molecule has 1 aliphatic heterocycles. The Morgan fingerprint density at radius 1 is 1.36 bits per heavy atom. The van der Waals surface area contributed by atoms with Gasteiger partial charge in [0.05, 0.1) is 11.0 Å². The standard InChI is InChI=1S/C12H10N2/c1-3-9-5-6-10-4-2-8-14-12(10)11(9)13-7-1/h1-5,7-8,10H,6H2. The number of fused-ring (bicyclic) bond motifs is 2. The maximum atomic E-state index is 4.42. The summed E-state index contributed by atoms with van der Waals surface area (Å²) in [5.41, 5.74) is 1.12. The predicted molar refractivity (Wildman–Crippen MR) is 57.1 cm³/mol. The Kier molecular flexibility index (Phi) is 1.60. The number of rotatable bonds is 0. The zero-order valence-electron chi connectivity index (χ0n) is 7.72. The van der Waals surface area contributed by atoms with Crippen molar-refractivity contribution in [2.45, 2.75) is 6.42 Å². The Morgan fingerprint density at radius 2 is 2.36 bits per heavy atom. The highest BCUT2D eigenvalue weighted by Gasteiger charge is 2.16. The van der Waals surface area contributed by atoms with Crippen molar-refractivity contribution in [3.63, 3.8) is 0 Å². The lowest BCUT2D eigenvalue weighted by Gasteiger charge is -2.16. The Hall–Kier alpha value is -1.70. The van der Waals surface area contributed by atoms with Crippen LogP contribution >= 0.6 is 0 Å². The fourth-order valence-electron chi connectivity index (χ4n) is 1.97. The van der Waals surface area contributed by atoms with Gasteiger partial charge in [0.1, 0.15) is 0 Å². The van der Waals surface area contributed by atoms with Gasteiger partial charge in [-0.25, -0.2) is 0 Å². The van der Waals surface area contributed by atoms with Gasteiger partial charge in [-0.1, -0.05) is 18.2 Å². The zero-order valence-corrected chi connectivity index (χ0v) is 7.72. The molecule has 0 saturated heterocycles. The lowest BCUT2D eigenvalue weighted by atomic mass is 9.94. The van der Waals surface area contributed by atoms with Gasteiger partial charge in [-0.05, 0) is 23.8 Å². The Bertz CT molecular complexity index is 538. The van der Waals surface area contributed by atoms with E-state index in [1.807, 2.05) is 24.6 Å². The van der Waals surface area contributed by atoms with E-state index in [-0.39, 0.29) is 0 Å². The van der Waals surface area contributed by atoms with Crippen molar-refractivity contribution < 1.29 is 0 Å². The topological polar surface area (TPSA) is 25.2 Å². The average molecular weight is 182 g/mol.